The zero-order valence-corrected chi connectivity index (χ0v) is 15.6. The summed E-state index contributed by atoms with van der Waals surface area (Å²) in [6.45, 7) is 0.516. The van der Waals surface area contributed by atoms with E-state index in [4.69, 9.17) is 34.8 Å². The van der Waals surface area contributed by atoms with Crippen LogP contribution in [-0.2, 0) is 13.0 Å². The van der Waals surface area contributed by atoms with Gasteiger partial charge < -0.3 is 0 Å². The summed E-state index contributed by atoms with van der Waals surface area (Å²) in [6.07, 6.45) is 0.635. The minimum atomic E-state index is 0.516. The van der Waals surface area contributed by atoms with Crippen LogP contribution in [0.5, 0.6) is 0 Å². The molecule has 5 heteroatoms. The fraction of sp³-hybridized carbons (Fsp3) is 0.100. The van der Waals surface area contributed by atoms with Crippen molar-refractivity contribution in [3.05, 3.63) is 98.5 Å². The van der Waals surface area contributed by atoms with Gasteiger partial charge in [0.05, 0.1) is 12.2 Å². The van der Waals surface area contributed by atoms with Crippen LogP contribution < -0.4 is 0 Å². The number of benzene rings is 3. The third-order valence-corrected chi connectivity index (χ3v) is 4.63. The Morgan fingerprint density at radius 3 is 2.00 bits per heavy atom. The Kier molecular flexibility index (Phi) is 6.09. The minimum Gasteiger partial charge on any atom is -0.184 e. The fourth-order valence-electron chi connectivity index (χ4n) is 2.40. The maximum atomic E-state index is 6.40. The van der Waals surface area contributed by atoms with Crippen LogP contribution in [0.4, 0.5) is 5.69 Å². The number of azo groups is 1. The lowest BCUT2D eigenvalue weighted by atomic mass is 10.0. The summed E-state index contributed by atoms with van der Waals surface area (Å²) in [5, 5.41) is 10.3. The highest BCUT2D eigenvalue weighted by Gasteiger charge is 2.09. The summed E-state index contributed by atoms with van der Waals surface area (Å²) in [5.41, 5.74) is 3.70. The molecule has 0 N–H and O–H groups in total. The Balaban J connectivity index is 1.74. The van der Waals surface area contributed by atoms with Crippen LogP contribution in [0.25, 0.3) is 0 Å². The van der Waals surface area contributed by atoms with Gasteiger partial charge in [-0.2, -0.15) is 10.2 Å². The van der Waals surface area contributed by atoms with Gasteiger partial charge in [0.15, 0.2) is 0 Å². The first kappa shape index (κ1) is 17.9. The van der Waals surface area contributed by atoms with Gasteiger partial charge in [-0.15, -0.1) is 0 Å². The molecule has 0 spiro atoms. The van der Waals surface area contributed by atoms with E-state index in [2.05, 4.69) is 10.2 Å². The molecule has 2 nitrogen and oxygen atoms in total. The Bertz CT molecular complexity index is 852. The van der Waals surface area contributed by atoms with Crippen molar-refractivity contribution >= 4 is 40.5 Å². The fourth-order valence-corrected chi connectivity index (χ4v) is 3.14. The number of hydrogen-bond acceptors (Lipinski definition) is 2. The van der Waals surface area contributed by atoms with E-state index in [-0.39, 0.29) is 0 Å². The van der Waals surface area contributed by atoms with Crippen LogP contribution >= 0.6 is 34.8 Å². The van der Waals surface area contributed by atoms with Crippen LogP contribution in [0, 0.1) is 0 Å². The van der Waals surface area contributed by atoms with E-state index in [1.54, 1.807) is 12.1 Å². The molecule has 126 valence electrons. The molecule has 0 radical (unpaired) electrons. The molecule has 0 atom stereocenters. The Labute approximate surface area is 162 Å². The first-order valence-electron chi connectivity index (χ1n) is 7.75. The predicted molar refractivity (Wildman–Crippen MR) is 105 cm³/mol. The molecule has 0 aliphatic heterocycles. The molecule has 3 aromatic rings. The summed E-state index contributed by atoms with van der Waals surface area (Å²) >= 11 is 18.7. The van der Waals surface area contributed by atoms with Crippen molar-refractivity contribution in [2.75, 3.05) is 0 Å². The zero-order chi connectivity index (χ0) is 17.6. The van der Waals surface area contributed by atoms with E-state index in [0.29, 0.717) is 33.7 Å². The first-order valence-corrected chi connectivity index (χ1v) is 8.89. The van der Waals surface area contributed by atoms with Crippen LogP contribution in [0.2, 0.25) is 15.1 Å². The lowest BCUT2D eigenvalue weighted by Crippen LogP contribution is -1.91. The van der Waals surface area contributed by atoms with Crippen LogP contribution in [0.15, 0.2) is 77.0 Å². The topological polar surface area (TPSA) is 24.7 Å². The van der Waals surface area contributed by atoms with Crippen LogP contribution in [0.3, 0.4) is 0 Å². The van der Waals surface area contributed by atoms with Gasteiger partial charge in [-0.25, -0.2) is 0 Å². The Hall–Kier alpha value is -1.87. The maximum absolute atomic E-state index is 6.40. The first-order chi connectivity index (χ1) is 12.1. The largest absolute Gasteiger partial charge is 0.184 e. The molecular weight excluding hydrogens is 375 g/mol. The summed E-state index contributed by atoms with van der Waals surface area (Å²) in [6, 6.07) is 21.1. The average Bonchev–Trinajstić information content (AvgIpc) is 2.61. The summed E-state index contributed by atoms with van der Waals surface area (Å²) in [4.78, 5) is 0. The van der Waals surface area contributed by atoms with Crippen molar-refractivity contribution in [2.45, 2.75) is 13.0 Å². The van der Waals surface area contributed by atoms with Gasteiger partial charge in [0.2, 0.25) is 0 Å². The molecule has 25 heavy (non-hydrogen) atoms. The third-order valence-electron chi connectivity index (χ3n) is 3.70. The van der Waals surface area contributed by atoms with Gasteiger partial charge >= 0.3 is 0 Å². The van der Waals surface area contributed by atoms with E-state index in [1.807, 2.05) is 54.6 Å². The SMILES string of the molecule is Clc1ccc(Cc2c(Cl)cc(N=NCc3ccccc3)cc2Cl)cc1. The molecule has 0 fully saturated rings. The van der Waals surface area contributed by atoms with E-state index in [0.717, 1.165) is 16.7 Å². The van der Waals surface area contributed by atoms with Crippen molar-refractivity contribution in [3.8, 4) is 0 Å². The van der Waals surface area contributed by atoms with E-state index in [9.17, 15) is 0 Å². The summed E-state index contributed by atoms with van der Waals surface area (Å²) in [7, 11) is 0. The van der Waals surface area contributed by atoms with Crippen molar-refractivity contribution in [1.82, 2.24) is 0 Å². The van der Waals surface area contributed by atoms with Gasteiger partial charge in [-0.05, 0) is 41.0 Å². The molecule has 0 aromatic heterocycles. The molecule has 0 bridgehead atoms. The summed E-state index contributed by atoms with van der Waals surface area (Å²) in [5.74, 6) is 0. The van der Waals surface area contributed by atoms with Crippen LogP contribution in [-0.4, -0.2) is 0 Å². The predicted octanol–water partition coefficient (Wildman–Crippen LogP) is 7.52. The molecule has 0 aliphatic carbocycles. The number of rotatable bonds is 5. The second-order valence-corrected chi connectivity index (χ2v) is 6.83. The van der Waals surface area contributed by atoms with Gasteiger partial charge in [0.25, 0.3) is 0 Å². The lowest BCUT2D eigenvalue weighted by molar-refractivity contribution is 0.959. The van der Waals surface area contributed by atoms with Crippen LogP contribution in [0.1, 0.15) is 16.7 Å². The Morgan fingerprint density at radius 2 is 1.36 bits per heavy atom. The molecule has 0 amide bonds. The van der Waals surface area contributed by atoms with Gasteiger partial charge in [-0.1, -0.05) is 77.3 Å². The number of halogens is 3. The van der Waals surface area contributed by atoms with Crippen molar-refractivity contribution in [1.29, 1.82) is 0 Å². The Morgan fingerprint density at radius 1 is 0.720 bits per heavy atom. The van der Waals surface area contributed by atoms with Gasteiger partial charge in [-0.3, -0.25) is 0 Å². The maximum Gasteiger partial charge on any atom is 0.0882 e. The molecule has 0 aliphatic rings. The second-order valence-electron chi connectivity index (χ2n) is 5.58. The van der Waals surface area contributed by atoms with Crippen molar-refractivity contribution in [2.24, 2.45) is 10.2 Å². The van der Waals surface area contributed by atoms with Gasteiger partial charge in [0.1, 0.15) is 0 Å². The molecule has 3 rings (SSSR count). The molecule has 3 aromatic carbocycles. The molecule has 0 saturated carbocycles. The summed E-state index contributed by atoms with van der Waals surface area (Å²) < 4.78 is 0. The van der Waals surface area contributed by atoms with Crippen molar-refractivity contribution in [3.63, 3.8) is 0 Å². The molecule has 0 heterocycles. The zero-order valence-electron chi connectivity index (χ0n) is 13.3. The lowest BCUT2D eigenvalue weighted by Gasteiger charge is -2.08. The minimum absolute atomic E-state index is 0.516. The van der Waals surface area contributed by atoms with E-state index >= 15 is 0 Å². The highest BCUT2D eigenvalue weighted by molar-refractivity contribution is 6.36. The van der Waals surface area contributed by atoms with E-state index < -0.39 is 0 Å². The van der Waals surface area contributed by atoms with E-state index in [1.165, 1.54) is 0 Å². The highest BCUT2D eigenvalue weighted by atomic mass is 35.5. The van der Waals surface area contributed by atoms with Gasteiger partial charge in [0, 0.05) is 21.5 Å². The normalized spacial score (nSPS) is 11.2. The highest BCUT2D eigenvalue weighted by Crippen LogP contribution is 2.32. The second kappa shape index (κ2) is 8.48. The molecule has 0 unspecified atom stereocenters. The quantitative estimate of drug-likeness (QED) is 0.403. The molecular formula is C20H15Cl3N2. The third kappa shape index (κ3) is 5.05. The standard InChI is InChI=1S/C20H15Cl3N2/c21-16-8-6-14(7-9-16)10-18-19(22)11-17(12-20(18)23)25-24-13-15-4-2-1-3-5-15/h1-9,11-12H,10,13H2. The average molecular weight is 390 g/mol. The number of hydrogen-bond donors (Lipinski definition) is 0. The molecule has 0 saturated heterocycles. The number of nitrogens with zero attached hydrogens (tertiary/aromatic N) is 2. The van der Waals surface area contributed by atoms with Crippen molar-refractivity contribution < 1.29 is 0 Å². The smallest absolute Gasteiger partial charge is 0.0882 e. The monoisotopic (exact) mass is 388 g/mol.